The van der Waals surface area contributed by atoms with Gasteiger partial charge in [0, 0.05) is 20.0 Å². The highest BCUT2D eigenvalue weighted by molar-refractivity contribution is 5.97. The van der Waals surface area contributed by atoms with Gasteiger partial charge in [0.05, 0.1) is 32.0 Å². The van der Waals surface area contributed by atoms with E-state index in [9.17, 15) is 9.59 Å². The van der Waals surface area contributed by atoms with Crippen molar-refractivity contribution in [3.05, 3.63) is 23.3 Å². The van der Waals surface area contributed by atoms with Gasteiger partial charge in [0.2, 0.25) is 0 Å². The molecule has 0 aromatic carbocycles. The van der Waals surface area contributed by atoms with Gasteiger partial charge in [-0.2, -0.15) is 0 Å². The van der Waals surface area contributed by atoms with E-state index in [1.54, 1.807) is 7.11 Å². The third kappa shape index (κ3) is 6.25. The number of esters is 1. The van der Waals surface area contributed by atoms with Gasteiger partial charge in [0.15, 0.2) is 5.78 Å². The predicted molar refractivity (Wildman–Crippen MR) is 84.9 cm³/mol. The average molecular weight is 326 g/mol. The SMILES string of the molecule is C=C(C(=O)OC)C(CC1=C(C)CCCC1=O)OCOCCOC. The second-order valence-electron chi connectivity index (χ2n) is 5.43. The second-order valence-corrected chi connectivity index (χ2v) is 5.43. The van der Waals surface area contributed by atoms with E-state index in [1.165, 1.54) is 7.11 Å². The number of ketones is 1. The Labute approximate surface area is 137 Å². The normalized spacial score (nSPS) is 16.4. The van der Waals surface area contributed by atoms with Crippen LogP contribution in [0.25, 0.3) is 0 Å². The van der Waals surface area contributed by atoms with Gasteiger partial charge in [-0.25, -0.2) is 4.79 Å². The summed E-state index contributed by atoms with van der Waals surface area (Å²) in [7, 11) is 2.87. The zero-order valence-corrected chi connectivity index (χ0v) is 14.2. The Balaban J connectivity index is 2.72. The minimum atomic E-state index is -0.642. The molecule has 0 saturated heterocycles. The molecule has 0 N–H and O–H groups in total. The van der Waals surface area contributed by atoms with Crippen LogP contribution in [0.2, 0.25) is 0 Å². The standard InChI is InChI=1S/C17H26O6/c1-12-6-5-7-15(18)14(12)10-16(13(2)17(19)21-4)23-11-22-9-8-20-3/h16H,2,5-11H2,1,3-4H3. The smallest absolute Gasteiger partial charge is 0.335 e. The summed E-state index contributed by atoms with van der Waals surface area (Å²) >= 11 is 0. The number of allylic oxidation sites excluding steroid dienone is 1. The molecule has 0 heterocycles. The van der Waals surface area contributed by atoms with Crippen molar-refractivity contribution < 1.29 is 28.5 Å². The molecule has 130 valence electrons. The topological polar surface area (TPSA) is 71.1 Å². The molecule has 0 saturated carbocycles. The van der Waals surface area contributed by atoms with E-state index in [0.29, 0.717) is 26.1 Å². The van der Waals surface area contributed by atoms with Crippen LogP contribution in [0.4, 0.5) is 0 Å². The summed E-state index contributed by atoms with van der Waals surface area (Å²) in [4.78, 5) is 23.8. The third-order valence-electron chi connectivity index (χ3n) is 3.82. The molecule has 1 aliphatic rings. The number of ether oxygens (including phenoxy) is 4. The maximum Gasteiger partial charge on any atom is 0.335 e. The first-order valence-electron chi connectivity index (χ1n) is 7.68. The molecule has 0 radical (unpaired) electrons. The number of carbonyl (C=O) groups is 2. The molecule has 23 heavy (non-hydrogen) atoms. The largest absolute Gasteiger partial charge is 0.466 e. The molecular weight excluding hydrogens is 300 g/mol. The van der Waals surface area contributed by atoms with Gasteiger partial charge in [-0.3, -0.25) is 4.79 Å². The molecule has 0 amide bonds. The van der Waals surface area contributed by atoms with Crippen molar-refractivity contribution in [2.75, 3.05) is 34.2 Å². The highest BCUT2D eigenvalue weighted by Gasteiger charge is 2.26. The predicted octanol–water partition coefficient (Wildman–Crippen LogP) is 2.18. The van der Waals surface area contributed by atoms with Crippen LogP contribution in [0.3, 0.4) is 0 Å². The first-order chi connectivity index (χ1) is 11.0. The Morgan fingerprint density at radius 1 is 1.26 bits per heavy atom. The van der Waals surface area contributed by atoms with Crippen molar-refractivity contribution in [1.29, 1.82) is 0 Å². The van der Waals surface area contributed by atoms with Crippen LogP contribution in [0, 0.1) is 0 Å². The molecule has 0 spiro atoms. The van der Waals surface area contributed by atoms with Crippen LogP contribution in [0.5, 0.6) is 0 Å². The van der Waals surface area contributed by atoms with Gasteiger partial charge < -0.3 is 18.9 Å². The first-order valence-corrected chi connectivity index (χ1v) is 7.68. The summed E-state index contributed by atoms with van der Waals surface area (Å²) in [6.07, 6.45) is 1.97. The molecule has 6 heteroatoms. The Bertz CT molecular complexity index is 466. The van der Waals surface area contributed by atoms with Gasteiger partial charge in [-0.15, -0.1) is 0 Å². The van der Waals surface area contributed by atoms with Crippen LogP contribution in [0.15, 0.2) is 23.3 Å². The lowest BCUT2D eigenvalue weighted by atomic mass is 9.87. The van der Waals surface area contributed by atoms with Gasteiger partial charge in [0.1, 0.15) is 6.79 Å². The van der Waals surface area contributed by atoms with E-state index in [1.807, 2.05) is 6.92 Å². The maximum atomic E-state index is 12.1. The van der Waals surface area contributed by atoms with Crippen molar-refractivity contribution in [3.8, 4) is 0 Å². The van der Waals surface area contributed by atoms with E-state index in [4.69, 9.17) is 18.9 Å². The zero-order chi connectivity index (χ0) is 17.2. The van der Waals surface area contributed by atoms with Gasteiger partial charge >= 0.3 is 5.97 Å². The molecule has 1 rings (SSSR count). The number of hydrogen-bond donors (Lipinski definition) is 0. The fourth-order valence-corrected chi connectivity index (χ4v) is 2.40. The highest BCUT2D eigenvalue weighted by Crippen LogP contribution is 2.27. The average Bonchev–Trinajstić information content (AvgIpc) is 2.54. The monoisotopic (exact) mass is 326 g/mol. The number of methoxy groups -OCH3 is 2. The molecular formula is C17H26O6. The summed E-state index contributed by atoms with van der Waals surface area (Å²) in [5, 5.41) is 0. The van der Waals surface area contributed by atoms with Crippen molar-refractivity contribution in [2.45, 2.75) is 38.7 Å². The summed E-state index contributed by atoms with van der Waals surface area (Å²) < 4.78 is 20.5. The summed E-state index contributed by atoms with van der Waals surface area (Å²) in [5.41, 5.74) is 1.96. The number of Topliss-reactive ketones (excluding diaryl/α,β-unsaturated/α-hetero) is 1. The van der Waals surface area contributed by atoms with Gasteiger partial charge in [-0.05, 0) is 25.3 Å². The first kappa shape index (κ1) is 19.5. The Kier molecular flexibility index (Phi) is 8.76. The Morgan fingerprint density at radius 2 is 2.00 bits per heavy atom. The van der Waals surface area contributed by atoms with Crippen LogP contribution in [0.1, 0.15) is 32.6 Å². The Morgan fingerprint density at radius 3 is 2.61 bits per heavy atom. The lowest BCUT2D eigenvalue weighted by Crippen LogP contribution is -2.26. The molecule has 0 aromatic heterocycles. The molecule has 1 unspecified atom stereocenters. The molecule has 0 fully saturated rings. The van der Waals surface area contributed by atoms with Gasteiger partial charge in [0.25, 0.3) is 0 Å². The number of rotatable bonds is 10. The quantitative estimate of drug-likeness (QED) is 0.265. The highest BCUT2D eigenvalue weighted by atomic mass is 16.7. The summed E-state index contributed by atoms with van der Waals surface area (Å²) in [6, 6.07) is 0. The number of carbonyl (C=O) groups excluding carboxylic acids is 2. The van der Waals surface area contributed by atoms with E-state index < -0.39 is 12.1 Å². The fraction of sp³-hybridized carbons (Fsp3) is 0.647. The van der Waals surface area contributed by atoms with Crippen molar-refractivity contribution >= 4 is 11.8 Å². The van der Waals surface area contributed by atoms with Crippen molar-refractivity contribution in [2.24, 2.45) is 0 Å². The van der Waals surface area contributed by atoms with E-state index in [2.05, 4.69) is 6.58 Å². The van der Waals surface area contributed by atoms with Crippen molar-refractivity contribution in [1.82, 2.24) is 0 Å². The zero-order valence-electron chi connectivity index (χ0n) is 14.2. The fourth-order valence-electron chi connectivity index (χ4n) is 2.40. The van der Waals surface area contributed by atoms with Crippen LogP contribution in [-0.4, -0.2) is 52.1 Å². The molecule has 0 aliphatic heterocycles. The second kappa shape index (κ2) is 10.3. The van der Waals surface area contributed by atoms with Crippen molar-refractivity contribution in [3.63, 3.8) is 0 Å². The lowest BCUT2D eigenvalue weighted by Gasteiger charge is -2.23. The van der Waals surface area contributed by atoms with Crippen LogP contribution >= 0.6 is 0 Å². The third-order valence-corrected chi connectivity index (χ3v) is 3.82. The maximum absolute atomic E-state index is 12.1. The Hall–Kier alpha value is -1.50. The van der Waals surface area contributed by atoms with Crippen LogP contribution in [-0.2, 0) is 28.5 Å². The van der Waals surface area contributed by atoms with E-state index in [-0.39, 0.29) is 18.1 Å². The minimum absolute atomic E-state index is 0.00937. The van der Waals surface area contributed by atoms with E-state index >= 15 is 0 Å². The molecule has 0 aromatic rings. The van der Waals surface area contributed by atoms with Gasteiger partial charge in [-0.1, -0.05) is 12.2 Å². The molecule has 6 nitrogen and oxygen atoms in total. The number of hydrogen-bond acceptors (Lipinski definition) is 6. The minimum Gasteiger partial charge on any atom is -0.466 e. The molecule has 0 bridgehead atoms. The summed E-state index contributed by atoms with van der Waals surface area (Å²) in [6.45, 7) is 6.51. The lowest BCUT2D eigenvalue weighted by molar-refractivity contribution is -0.140. The molecule has 1 aliphatic carbocycles. The summed E-state index contributed by atoms with van der Waals surface area (Å²) in [5.74, 6) is -0.436. The van der Waals surface area contributed by atoms with Crippen LogP contribution < -0.4 is 0 Å². The molecule has 1 atom stereocenters. The van der Waals surface area contributed by atoms with E-state index in [0.717, 1.165) is 24.0 Å².